The third-order valence-corrected chi connectivity index (χ3v) is 4.24. The van der Waals surface area contributed by atoms with E-state index in [1.807, 2.05) is 0 Å². The van der Waals surface area contributed by atoms with Gasteiger partial charge in [0.1, 0.15) is 0 Å². The van der Waals surface area contributed by atoms with E-state index in [0.29, 0.717) is 11.4 Å². The molecule has 0 radical (unpaired) electrons. The minimum Gasteiger partial charge on any atom is -0.459 e. The van der Waals surface area contributed by atoms with Gasteiger partial charge in [-0.05, 0) is 24.3 Å². The van der Waals surface area contributed by atoms with Crippen molar-refractivity contribution < 1.29 is 17.6 Å². The molecule has 0 saturated carbocycles. The Balaban J connectivity index is 1.90. The maximum absolute atomic E-state index is 11.9. The molecule has 118 valence electrons. The van der Waals surface area contributed by atoms with Gasteiger partial charge in [0.25, 0.3) is 5.91 Å². The number of hydrogen-bond acceptors (Lipinski definition) is 5. The maximum atomic E-state index is 11.9. The van der Waals surface area contributed by atoms with Gasteiger partial charge in [-0.15, -0.1) is 0 Å². The average molecular weight is 331 g/mol. The fourth-order valence-corrected chi connectivity index (χ4v) is 2.95. The summed E-state index contributed by atoms with van der Waals surface area (Å²) in [7, 11) is -3.39. The lowest BCUT2D eigenvalue weighted by Crippen LogP contribution is -2.10. The molecule has 23 heavy (non-hydrogen) atoms. The number of furan rings is 1. The average Bonchev–Trinajstić information content (AvgIpc) is 3.18. The van der Waals surface area contributed by atoms with E-state index in [9.17, 15) is 13.2 Å². The number of hydrogen-bond donors (Lipinski definition) is 1. The molecule has 1 aromatic carbocycles. The van der Waals surface area contributed by atoms with Crippen LogP contribution in [0.15, 0.2) is 64.4 Å². The normalized spacial score (nSPS) is 11.3. The molecule has 0 aliphatic carbocycles. The van der Waals surface area contributed by atoms with E-state index in [1.54, 1.807) is 30.3 Å². The van der Waals surface area contributed by atoms with E-state index in [4.69, 9.17) is 4.42 Å². The first kappa shape index (κ1) is 15.0. The number of para-hydroxylation sites is 1. The van der Waals surface area contributed by atoms with Gasteiger partial charge in [0.05, 0.1) is 34.9 Å². The summed E-state index contributed by atoms with van der Waals surface area (Å²) < 4.78 is 30.1. The maximum Gasteiger partial charge on any atom is 0.291 e. The van der Waals surface area contributed by atoms with Crippen molar-refractivity contribution in [3.63, 3.8) is 0 Å². The molecule has 1 amide bonds. The number of rotatable bonds is 4. The number of aromatic nitrogens is 2. The summed E-state index contributed by atoms with van der Waals surface area (Å²) >= 11 is 0. The second kappa shape index (κ2) is 5.73. The molecule has 2 aromatic heterocycles. The second-order valence-electron chi connectivity index (χ2n) is 4.84. The zero-order chi connectivity index (χ0) is 16.4. The van der Waals surface area contributed by atoms with Crippen molar-refractivity contribution in [2.75, 3.05) is 11.6 Å². The Morgan fingerprint density at radius 3 is 2.70 bits per heavy atom. The van der Waals surface area contributed by atoms with Gasteiger partial charge >= 0.3 is 0 Å². The summed E-state index contributed by atoms with van der Waals surface area (Å²) in [5.41, 5.74) is 0.836. The van der Waals surface area contributed by atoms with E-state index in [2.05, 4.69) is 10.4 Å². The number of carbonyl (C=O) groups is 1. The highest BCUT2D eigenvalue weighted by molar-refractivity contribution is 7.90. The molecule has 8 heteroatoms. The lowest BCUT2D eigenvalue weighted by molar-refractivity contribution is 0.0996. The van der Waals surface area contributed by atoms with Crippen molar-refractivity contribution in [1.29, 1.82) is 0 Å². The largest absolute Gasteiger partial charge is 0.459 e. The number of nitrogens with one attached hydrogen (secondary N) is 1. The number of sulfone groups is 1. The molecule has 0 fully saturated rings. The Bertz CT molecular complexity index is 943. The van der Waals surface area contributed by atoms with Crippen LogP contribution in [0.4, 0.5) is 5.69 Å². The van der Waals surface area contributed by atoms with Crippen molar-refractivity contribution in [3.8, 4) is 5.69 Å². The highest BCUT2D eigenvalue weighted by Gasteiger charge is 2.15. The lowest BCUT2D eigenvalue weighted by atomic mass is 10.3. The van der Waals surface area contributed by atoms with Crippen molar-refractivity contribution in [2.24, 2.45) is 0 Å². The number of amides is 1. The fraction of sp³-hybridized carbons (Fsp3) is 0.0667. The van der Waals surface area contributed by atoms with Crippen LogP contribution >= 0.6 is 0 Å². The first-order valence-electron chi connectivity index (χ1n) is 6.64. The highest BCUT2D eigenvalue weighted by atomic mass is 32.2. The van der Waals surface area contributed by atoms with Gasteiger partial charge in [0.2, 0.25) is 0 Å². The Hall–Kier alpha value is -2.87. The van der Waals surface area contributed by atoms with E-state index >= 15 is 0 Å². The van der Waals surface area contributed by atoms with Crippen LogP contribution in [0.25, 0.3) is 5.69 Å². The van der Waals surface area contributed by atoms with Gasteiger partial charge in [0, 0.05) is 6.26 Å². The van der Waals surface area contributed by atoms with Crippen LogP contribution in [0.2, 0.25) is 0 Å². The van der Waals surface area contributed by atoms with E-state index < -0.39 is 15.7 Å². The molecule has 0 aliphatic heterocycles. The molecular formula is C15H13N3O4S. The van der Waals surface area contributed by atoms with Gasteiger partial charge in [-0.3, -0.25) is 4.79 Å². The van der Waals surface area contributed by atoms with Gasteiger partial charge in [-0.25, -0.2) is 13.1 Å². The van der Waals surface area contributed by atoms with Crippen LogP contribution < -0.4 is 5.32 Å². The summed E-state index contributed by atoms with van der Waals surface area (Å²) in [6.45, 7) is 0. The molecule has 0 aliphatic rings. The molecule has 0 saturated heterocycles. The van der Waals surface area contributed by atoms with Crippen LogP contribution in [0, 0.1) is 0 Å². The summed E-state index contributed by atoms with van der Waals surface area (Å²) in [6, 6.07) is 9.66. The number of nitrogens with zero attached hydrogens (tertiary/aromatic N) is 2. The number of benzene rings is 1. The van der Waals surface area contributed by atoms with Crippen molar-refractivity contribution in [3.05, 3.63) is 60.8 Å². The molecule has 0 unspecified atom stereocenters. The molecule has 2 heterocycles. The van der Waals surface area contributed by atoms with E-state index in [0.717, 1.165) is 6.26 Å². The summed E-state index contributed by atoms with van der Waals surface area (Å²) in [4.78, 5) is 12.1. The highest BCUT2D eigenvalue weighted by Crippen LogP contribution is 2.20. The molecule has 0 bridgehead atoms. The molecule has 1 N–H and O–H groups in total. The Kier molecular flexibility index (Phi) is 3.75. The molecule has 3 aromatic rings. The lowest BCUT2D eigenvalue weighted by Gasteiger charge is -2.07. The molecule has 7 nitrogen and oxygen atoms in total. The predicted molar refractivity (Wildman–Crippen MR) is 83.3 cm³/mol. The van der Waals surface area contributed by atoms with E-state index in [-0.39, 0.29) is 10.7 Å². The third kappa shape index (κ3) is 3.16. The van der Waals surface area contributed by atoms with Crippen molar-refractivity contribution in [2.45, 2.75) is 4.90 Å². The Morgan fingerprint density at radius 1 is 1.22 bits per heavy atom. The standard InChI is InChI=1S/C15H13N3O4S/c1-23(20,21)14-7-3-2-5-12(14)18-10-11(9-16-18)17-15(19)13-6-4-8-22-13/h2-10H,1H3,(H,17,19). The topological polar surface area (TPSA) is 94.2 Å². The van der Waals surface area contributed by atoms with Gasteiger partial charge in [0.15, 0.2) is 15.6 Å². The Morgan fingerprint density at radius 2 is 2.00 bits per heavy atom. The molecule has 0 atom stereocenters. The minimum atomic E-state index is -3.39. The van der Waals surface area contributed by atoms with Gasteiger partial charge < -0.3 is 9.73 Å². The molecule has 3 rings (SSSR count). The van der Waals surface area contributed by atoms with Gasteiger partial charge in [-0.2, -0.15) is 5.10 Å². The first-order valence-corrected chi connectivity index (χ1v) is 8.53. The minimum absolute atomic E-state index is 0.159. The number of carbonyl (C=O) groups excluding carboxylic acids is 1. The van der Waals surface area contributed by atoms with Crippen molar-refractivity contribution >= 4 is 21.4 Å². The van der Waals surface area contributed by atoms with E-state index in [1.165, 1.54) is 29.4 Å². The van der Waals surface area contributed by atoms with Crippen LogP contribution in [-0.2, 0) is 9.84 Å². The second-order valence-corrected chi connectivity index (χ2v) is 6.83. The number of anilines is 1. The first-order chi connectivity index (χ1) is 10.9. The smallest absolute Gasteiger partial charge is 0.291 e. The predicted octanol–water partition coefficient (Wildman–Crippen LogP) is 2.12. The van der Waals surface area contributed by atoms with Crippen LogP contribution in [-0.4, -0.2) is 30.4 Å². The summed E-state index contributed by atoms with van der Waals surface area (Å²) in [5.74, 6) is -0.236. The van der Waals surface area contributed by atoms with Crippen molar-refractivity contribution in [1.82, 2.24) is 9.78 Å². The quantitative estimate of drug-likeness (QED) is 0.790. The van der Waals surface area contributed by atoms with Crippen LogP contribution in [0.3, 0.4) is 0 Å². The fourth-order valence-electron chi connectivity index (χ4n) is 2.08. The van der Waals surface area contributed by atoms with Crippen LogP contribution in [0.1, 0.15) is 10.6 Å². The third-order valence-electron chi connectivity index (χ3n) is 3.10. The SMILES string of the molecule is CS(=O)(=O)c1ccccc1-n1cc(NC(=O)c2ccco2)cn1. The monoisotopic (exact) mass is 331 g/mol. The van der Waals surface area contributed by atoms with Crippen LogP contribution in [0.5, 0.6) is 0 Å². The van der Waals surface area contributed by atoms with Gasteiger partial charge in [-0.1, -0.05) is 12.1 Å². The molecular weight excluding hydrogens is 318 g/mol. The summed E-state index contributed by atoms with van der Waals surface area (Å²) in [6.07, 6.45) is 5.50. The zero-order valence-electron chi connectivity index (χ0n) is 12.1. The molecule has 0 spiro atoms. The Labute approximate surface area is 132 Å². The zero-order valence-corrected chi connectivity index (χ0v) is 12.9. The summed E-state index contributed by atoms with van der Waals surface area (Å²) in [5, 5.41) is 6.73.